The number of nitrogens with one attached hydrogen (secondary N) is 1. The molecule has 0 unspecified atom stereocenters. The van der Waals surface area contributed by atoms with Crippen molar-refractivity contribution < 1.29 is 0 Å². The van der Waals surface area contributed by atoms with Crippen molar-refractivity contribution in [3.8, 4) is 0 Å². The van der Waals surface area contributed by atoms with E-state index in [9.17, 15) is 0 Å². The minimum Gasteiger partial charge on any atom is -0.370 e. The number of rotatable bonds is 5. The molecule has 2 aromatic rings. The molecule has 138 valence electrons. The van der Waals surface area contributed by atoms with E-state index in [0.717, 1.165) is 12.2 Å². The fourth-order valence-electron chi connectivity index (χ4n) is 3.54. The first-order chi connectivity index (χ1) is 12.6. The van der Waals surface area contributed by atoms with E-state index in [1.54, 1.807) is 0 Å². The van der Waals surface area contributed by atoms with Crippen LogP contribution in [0.4, 0.5) is 5.69 Å². The van der Waals surface area contributed by atoms with Crippen molar-refractivity contribution >= 4 is 11.6 Å². The zero-order chi connectivity index (χ0) is 18.4. The van der Waals surface area contributed by atoms with Crippen LogP contribution in [0.15, 0.2) is 47.5 Å². The summed E-state index contributed by atoms with van der Waals surface area (Å²) in [6, 6.07) is 15.0. The molecule has 0 amide bonds. The maximum atomic E-state index is 6.04. The average Bonchev–Trinajstić information content (AvgIpc) is 2.61. The van der Waals surface area contributed by atoms with Gasteiger partial charge in [0.2, 0.25) is 0 Å². The first-order valence-electron chi connectivity index (χ1n) is 9.54. The Kier molecular flexibility index (Phi) is 6.29. The zero-order valence-electron chi connectivity index (χ0n) is 16.0. The summed E-state index contributed by atoms with van der Waals surface area (Å²) in [5.74, 6) is 0.451. The quantitative estimate of drug-likeness (QED) is 0.627. The number of likely N-dealkylation sites (tertiary alicyclic amines) is 1. The van der Waals surface area contributed by atoms with Crippen LogP contribution in [0.5, 0.6) is 0 Å². The summed E-state index contributed by atoms with van der Waals surface area (Å²) >= 11 is 0. The predicted molar refractivity (Wildman–Crippen MR) is 110 cm³/mol. The second-order valence-corrected chi connectivity index (χ2v) is 7.36. The van der Waals surface area contributed by atoms with Gasteiger partial charge in [-0.2, -0.15) is 0 Å². The molecule has 4 nitrogen and oxygen atoms in total. The molecule has 0 radical (unpaired) electrons. The van der Waals surface area contributed by atoms with Crippen LogP contribution in [0.2, 0.25) is 0 Å². The van der Waals surface area contributed by atoms with Gasteiger partial charge in [0.05, 0.1) is 6.54 Å². The van der Waals surface area contributed by atoms with Crippen LogP contribution in [0.1, 0.15) is 41.5 Å². The maximum Gasteiger partial charge on any atom is 0.193 e. The van der Waals surface area contributed by atoms with Crippen molar-refractivity contribution in [3.05, 3.63) is 64.7 Å². The highest BCUT2D eigenvalue weighted by Gasteiger charge is 2.10. The van der Waals surface area contributed by atoms with E-state index in [1.807, 2.05) is 0 Å². The Morgan fingerprint density at radius 2 is 1.58 bits per heavy atom. The highest BCUT2D eigenvalue weighted by atomic mass is 15.1. The Bertz CT molecular complexity index is 723. The summed E-state index contributed by atoms with van der Waals surface area (Å²) in [5, 5.41) is 3.18. The number of benzene rings is 2. The van der Waals surface area contributed by atoms with Crippen molar-refractivity contribution in [3.63, 3.8) is 0 Å². The second kappa shape index (κ2) is 8.86. The predicted octanol–water partition coefficient (Wildman–Crippen LogP) is 4.22. The molecule has 0 bridgehead atoms. The van der Waals surface area contributed by atoms with Crippen molar-refractivity contribution in [2.24, 2.45) is 10.7 Å². The van der Waals surface area contributed by atoms with Gasteiger partial charge < -0.3 is 11.1 Å². The summed E-state index contributed by atoms with van der Waals surface area (Å²) in [6.07, 6.45) is 4.05. The number of aryl methyl sites for hydroxylation is 2. The number of nitrogens with two attached hydrogens (primary N) is 1. The van der Waals surface area contributed by atoms with Crippen molar-refractivity contribution in [2.75, 3.05) is 18.4 Å². The Morgan fingerprint density at radius 1 is 0.962 bits per heavy atom. The lowest BCUT2D eigenvalue weighted by Crippen LogP contribution is -2.29. The molecule has 0 aliphatic carbocycles. The highest BCUT2D eigenvalue weighted by Crippen LogP contribution is 2.15. The zero-order valence-corrected chi connectivity index (χ0v) is 16.0. The highest BCUT2D eigenvalue weighted by molar-refractivity contribution is 5.92. The summed E-state index contributed by atoms with van der Waals surface area (Å²) in [7, 11) is 0. The number of nitrogens with zero attached hydrogens (tertiary/aromatic N) is 2. The fraction of sp³-hybridized carbons (Fsp3) is 0.409. The van der Waals surface area contributed by atoms with Crippen LogP contribution in [0, 0.1) is 13.8 Å². The van der Waals surface area contributed by atoms with Gasteiger partial charge in [-0.3, -0.25) is 4.90 Å². The number of guanidine groups is 1. The molecule has 0 saturated carbocycles. The van der Waals surface area contributed by atoms with Crippen molar-refractivity contribution in [1.29, 1.82) is 0 Å². The average molecular weight is 351 g/mol. The lowest BCUT2D eigenvalue weighted by atomic mass is 10.1. The van der Waals surface area contributed by atoms with Crippen LogP contribution in [-0.4, -0.2) is 23.9 Å². The van der Waals surface area contributed by atoms with E-state index in [4.69, 9.17) is 5.73 Å². The van der Waals surface area contributed by atoms with Gasteiger partial charge in [0.15, 0.2) is 5.96 Å². The smallest absolute Gasteiger partial charge is 0.193 e. The van der Waals surface area contributed by atoms with Gasteiger partial charge in [-0.25, -0.2) is 4.99 Å². The van der Waals surface area contributed by atoms with Gasteiger partial charge in [-0.05, 0) is 74.2 Å². The molecule has 0 atom stereocenters. The minimum atomic E-state index is 0.451. The molecular weight excluding hydrogens is 320 g/mol. The van der Waals surface area contributed by atoms with Crippen LogP contribution in [0.3, 0.4) is 0 Å². The summed E-state index contributed by atoms with van der Waals surface area (Å²) in [4.78, 5) is 7.01. The molecule has 4 heteroatoms. The van der Waals surface area contributed by atoms with Gasteiger partial charge >= 0.3 is 0 Å². The molecule has 3 N–H and O–H groups in total. The van der Waals surface area contributed by atoms with Crippen molar-refractivity contribution in [1.82, 2.24) is 4.90 Å². The van der Waals surface area contributed by atoms with Crippen molar-refractivity contribution in [2.45, 2.75) is 46.2 Å². The summed E-state index contributed by atoms with van der Waals surface area (Å²) < 4.78 is 0. The minimum absolute atomic E-state index is 0.451. The van der Waals surface area contributed by atoms with Gasteiger partial charge in [0, 0.05) is 12.2 Å². The third-order valence-corrected chi connectivity index (χ3v) is 4.80. The Labute approximate surface area is 157 Å². The normalized spacial score (nSPS) is 15.8. The van der Waals surface area contributed by atoms with Gasteiger partial charge in [0.25, 0.3) is 0 Å². The van der Waals surface area contributed by atoms with E-state index >= 15 is 0 Å². The Balaban J connectivity index is 1.53. The monoisotopic (exact) mass is 350 g/mol. The molecule has 3 rings (SSSR count). The lowest BCUT2D eigenvalue weighted by molar-refractivity contribution is 0.221. The number of hydrogen-bond donors (Lipinski definition) is 2. The van der Waals surface area contributed by atoms with Gasteiger partial charge in [0.1, 0.15) is 0 Å². The summed E-state index contributed by atoms with van der Waals surface area (Å²) in [6.45, 7) is 8.26. The van der Waals surface area contributed by atoms with Crippen LogP contribution in [0.25, 0.3) is 0 Å². The van der Waals surface area contributed by atoms with E-state index in [-0.39, 0.29) is 0 Å². The lowest BCUT2D eigenvalue weighted by Gasteiger charge is -2.26. The molecular formula is C22H30N4. The molecule has 1 fully saturated rings. The summed E-state index contributed by atoms with van der Waals surface area (Å²) in [5.41, 5.74) is 12.0. The third kappa shape index (κ3) is 5.60. The maximum absolute atomic E-state index is 6.04. The van der Waals surface area contributed by atoms with E-state index < -0.39 is 0 Å². The van der Waals surface area contributed by atoms with E-state index in [2.05, 4.69) is 71.5 Å². The number of piperidine rings is 1. The van der Waals surface area contributed by atoms with Crippen LogP contribution < -0.4 is 11.1 Å². The molecule has 2 aromatic carbocycles. The largest absolute Gasteiger partial charge is 0.370 e. The third-order valence-electron chi connectivity index (χ3n) is 4.80. The second-order valence-electron chi connectivity index (χ2n) is 7.36. The first-order valence-corrected chi connectivity index (χ1v) is 9.54. The number of aliphatic imine (C=N–C) groups is 1. The fourth-order valence-corrected chi connectivity index (χ4v) is 3.54. The molecule has 0 aromatic heterocycles. The van der Waals surface area contributed by atoms with E-state index in [1.165, 1.54) is 54.6 Å². The SMILES string of the molecule is Cc1cc(C)cc(NC(N)=NCc2ccc(CN3CCCCC3)cc2)c1. The standard InChI is InChI=1S/C22H30N4/c1-17-12-18(2)14-21(13-17)25-22(23)24-15-19-6-8-20(9-7-19)16-26-10-4-3-5-11-26/h6-9,12-14H,3-5,10-11,15-16H2,1-2H3,(H3,23,24,25). The number of hydrogen-bond acceptors (Lipinski definition) is 2. The molecule has 26 heavy (non-hydrogen) atoms. The molecule has 1 aliphatic rings. The first kappa shape index (κ1) is 18.5. The number of anilines is 1. The van der Waals surface area contributed by atoms with Crippen LogP contribution >= 0.6 is 0 Å². The molecule has 1 heterocycles. The van der Waals surface area contributed by atoms with E-state index in [0.29, 0.717) is 12.5 Å². The topological polar surface area (TPSA) is 53.6 Å². The van der Waals surface area contributed by atoms with Gasteiger partial charge in [-0.15, -0.1) is 0 Å². The van der Waals surface area contributed by atoms with Crippen LogP contribution in [-0.2, 0) is 13.1 Å². The molecule has 1 saturated heterocycles. The molecule has 1 aliphatic heterocycles. The Hall–Kier alpha value is -2.33. The Morgan fingerprint density at radius 3 is 2.23 bits per heavy atom. The molecule has 0 spiro atoms. The van der Waals surface area contributed by atoms with Gasteiger partial charge in [-0.1, -0.05) is 36.8 Å².